The van der Waals surface area contributed by atoms with E-state index >= 15 is 0 Å². The van der Waals surface area contributed by atoms with E-state index in [2.05, 4.69) is 135 Å². The van der Waals surface area contributed by atoms with Crippen LogP contribution in [0.5, 0.6) is 0 Å². The average molecular weight is 647 g/mol. The van der Waals surface area contributed by atoms with E-state index in [9.17, 15) is 0 Å². The largest absolute Gasteiger partial charge is 0.659 e. The first kappa shape index (κ1) is 28.6. The summed E-state index contributed by atoms with van der Waals surface area (Å²) in [5.74, 6) is 1.58. The van der Waals surface area contributed by atoms with Crippen molar-refractivity contribution in [1.29, 1.82) is 0 Å². The number of hydrogen-bond acceptors (Lipinski definition) is 4. The van der Waals surface area contributed by atoms with E-state index in [0.717, 1.165) is 45.1 Å². The van der Waals surface area contributed by atoms with E-state index in [4.69, 9.17) is 15.3 Å². The maximum atomic E-state index is 5.15. The Bertz CT molecular complexity index is 2650. The first-order valence-electron chi connectivity index (χ1n) is 17.0. The molecule has 7 heteroatoms. The molecule has 0 saturated carbocycles. The molecule has 6 aromatic carbocycles. The van der Waals surface area contributed by atoms with Crippen LogP contribution >= 0.6 is 0 Å². The maximum Gasteiger partial charge on any atom is 0.169 e. The van der Waals surface area contributed by atoms with Crippen molar-refractivity contribution < 1.29 is 0 Å². The molecule has 2 aromatic heterocycles. The summed E-state index contributed by atoms with van der Waals surface area (Å²) in [6.07, 6.45) is 1.32. The van der Waals surface area contributed by atoms with E-state index in [1.54, 1.807) is 0 Å². The zero-order chi connectivity index (χ0) is 33.0. The predicted molar refractivity (Wildman–Crippen MR) is 205 cm³/mol. The fourth-order valence-electron chi connectivity index (χ4n) is 7.47. The normalized spacial score (nSPS) is 17.7. The highest BCUT2D eigenvalue weighted by atomic mass is 15.3. The van der Waals surface area contributed by atoms with Crippen LogP contribution in [-0.4, -0.2) is 27.4 Å². The summed E-state index contributed by atoms with van der Waals surface area (Å²) >= 11 is 0. The number of rotatable bonds is 5. The Kier molecular flexibility index (Phi) is 6.63. The third kappa shape index (κ3) is 4.63. The van der Waals surface area contributed by atoms with Gasteiger partial charge in [0.1, 0.15) is 11.7 Å². The molecule has 2 unspecified atom stereocenters. The lowest BCUT2D eigenvalue weighted by atomic mass is 10.1. The fraction of sp³-hybridized carbons (Fsp3) is 0.0698. The van der Waals surface area contributed by atoms with E-state index in [1.807, 2.05) is 42.6 Å². The molecule has 10 rings (SSSR count). The van der Waals surface area contributed by atoms with Crippen molar-refractivity contribution in [2.45, 2.75) is 12.5 Å². The van der Waals surface area contributed by atoms with Crippen LogP contribution in [0.3, 0.4) is 0 Å². The molecule has 8 aromatic rings. The molecule has 0 amide bonds. The van der Waals surface area contributed by atoms with Gasteiger partial charge in [-0.2, -0.15) is 6.20 Å². The monoisotopic (exact) mass is 646 g/mol. The molecule has 4 heterocycles. The Hall–Kier alpha value is -6.44. The van der Waals surface area contributed by atoms with Gasteiger partial charge in [-0.15, -0.1) is 0 Å². The number of benzene rings is 6. The standard InChI is InChI=1S/C43H32N7/c1-4-14-28(15-5-1)40-46-41(29-16-6-2-7-17-29)48-42(47-40)30-26-44-43(45-27-30)50-37-23-13-11-21-33(37)35-24-34-32-20-10-12-22-36(32)49(38(34)25-39(35)50)31-18-8-3-9-19-31/h1-26,40,43,45H,27H2,(H,46,47,48)/q-1. The second kappa shape index (κ2) is 11.6. The number of nitrogens with one attached hydrogen (secondary N) is 2. The molecule has 2 N–H and O–H groups in total. The minimum Gasteiger partial charge on any atom is -0.659 e. The zero-order valence-corrected chi connectivity index (χ0v) is 27.1. The summed E-state index contributed by atoms with van der Waals surface area (Å²) < 4.78 is 4.71. The molecule has 2 aliphatic heterocycles. The Morgan fingerprint density at radius 3 is 1.92 bits per heavy atom. The number of aromatic nitrogens is 2. The van der Waals surface area contributed by atoms with Gasteiger partial charge in [0.15, 0.2) is 6.17 Å². The number of para-hydroxylation sites is 3. The first-order valence-corrected chi connectivity index (χ1v) is 17.0. The van der Waals surface area contributed by atoms with Gasteiger partial charge >= 0.3 is 0 Å². The minimum absolute atomic E-state index is 0.301. The van der Waals surface area contributed by atoms with Crippen molar-refractivity contribution in [3.8, 4) is 5.69 Å². The van der Waals surface area contributed by atoms with Crippen LogP contribution in [0.15, 0.2) is 173 Å². The third-order valence-electron chi connectivity index (χ3n) is 9.80. The van der Waals surface area contributed by atoms with Crippen LogP contribution in [0.25, 0.3) is 54.6 Å². The number of amidine groups is 2. The second-order valence-electron chi connectivity index (χ2n) is 12.8. The Labute approximate surface area is 288 Å². The Morgan fingerprint density at radius 2 is 1.18 bits per heavy atom. The van der Waals surface area contributed by atoms with E-state index in [1.165, 1.54) is 32.6 Å². The molecule has 240 valence electrons. The minimum atomic E-state index is -0.350. The van der Waals surface area contributed by atoms with Gasteiger partial charge in [-0.05, 0) is 47.5 Å². The second-order valence-corrected chi connectivity index (χ2v) is 12.8. The van der Waals surface area contributed by atoms with Gasteiger partial charge in [0.05, 0.1) is 16.6 Å². The third-order valence-corrected chi connectivity index (χ3v) is 9.80. The number of aliphatic imine (C=N–C) groups is 2. The number of nitrogens with zero attached hydrogens (tertiary/aromatic N) is 5. The van der Waals surface area contributed by atoms with Crippen molar-refractivity contribution in [2.24, 2.45) is 9.98 Å². The summed E-state index contributed by atoms with van der Waals surface area (Å²) in [5.41, 5.74) is 8.82. The average Bonchev–Trinajstić information content (AvgIpc) is 3.70. The van der Waals surface area contributed by atoms with Crippen molar-refractivity contribution in [3.05, 3.63) is 180 Å². The highest BCUT2D eigenvalue weighted by Gasteiger charge is 2.24. The molecule has 2 atom stereocenters. The van der Waals surface area contributed by atoms with E-state index in [0.29, 0.717) is 6.54 Å². The van der Waals surface area contributed by atoms with E-state index < -0.39 is 0 Å². The number of hydrogen-bond donors (Lipinski definition) is 2. The molecule has 0 fully saturated rings. The summed E-state index contributed by atoms with van der Waals surface area (Å²) in [4.78, 5) is 10.1. The van der Waals surface area contributed by atoms with Crippen LogP contribution in [0.1, 0.15) is 23.6 Å². The molecule has 0 bridgehead atoms. The molecule has 0 radical (unpaired) electrons. The van der Waals surface area contributed by atoms with Gasteiger partial charge < -0.3 is 25.1 Å². The van der Waals surface area contributed by atoms with Crippen LogP contribution in [0.4, 0.5) is 0 Å². The molecule has 0 saturated heterocycles. The summed E-state index contributed by atoms with van der Waals surface area (Å²) in [6.45, 7) is 0.587. The van der Waals surface area contributed by atoms with Gasteiger partial charge in [0.25, 0.3) is 0 Å². The highest BCUT2D eigenvalue weighted by molar-refractivity contribution is 6.19. The maximum absolute atomic E-state index is 5.15. The molecule has 7 nitrogen and oxygen atoms in total. The summed E-state index contributed by atoms with van der Waals surface area (Å²) in [6, 6.07) is 53.1. The van der Waals surface area contributed by atoms with Crippen LogP contribution in [-0.2, 0) is 0 Å². The van der Waals surface area contributed by atoms with Gasteiger partial charge in [-0.3, -0.25) is 0 Å². The fourth-order valence-corrected chi connectivity index (χ4v) is 7.47. The lowest BCUT2D eigenvalue weighted by Crippen LogP contribution is -2.41. The van der Waals surface area contributed by atoms with Crippen LogP contribution < -0.4 is 10.6 Å². The Morgan fingerprint density at radius 1 is 0.560 bits per heavy atom. The van der Waals surface area contributed by atoms with Crippen molar-refractivity contribution in [1.82, 2.24) is 19.8 Å². The summed E-state index contributed by atoms with van der Waals surface area (Å²) in [7, 11) is 0. The smallest absolute Gasteiger partial charge is 0.169 e. The highest BCUT2D eigenvalue weighted by Crippen LogP contribution is 2.40. The molecule has 50 heavy (non-hydrogen) atoms. The SMILES string of the molecule is C1=C(C2=NC(c3ccccc3)N=C(c3ccccc3)N2)CNC(n2c3ccccc3c3cc4c5ccccc5n(-c5ccccc5)c4cc32)[N-]1. The molecule has 0 spiro atoms. The van der Waals surface area contributed by atoms with Gasteiger partial charge in [-0.1, -0.05) is 115 Å². The van der Waals surface area contributed by atoms with Crippen LogP contribution in [0.2, 0.25) is 0 Å². The van der Waals surface area contributed by atoms with Crippen LogP contribution in [0, 0.1) is 0 Å². The topological polar surface area (TPSA) is 72.7 Å². The van der Waals surface area contributed by atoms with Crippen molar-refractivity contribution in [3.63, 3.8) is 0 Å². The van der Waals surface area contributed by atoms with Crippen molar-refractivity contribution in [2.75, 3.05) is 6.54 Å². The number of fused-ring (bicyclic) bond motifs is 6. The molecular weight excluding hydrogens is 615 g/mol. The van der Waals surface area contributed by atoms with Gasteiger partial charge in [-0.25, -0.2) is 9.98 Å². The predicted octanol–water partition coefficient (Wildman–Crippen LogP) is 9.36. The lowest BCUT2D eigenvalue weighted by Gasteiger charge is -2.39. The Balaban J connectivity index is 1.08. The van der Waals surface area contributed by atoms with Gasteiger partial charge in [0, 0.05) is 51.1 Å². The summed E-state index contributed by atoms with van der Waals surface area (Å²) in [5, 5.41) is 17.3. The van der Waals surface area contributed by atoms with Gasteiger partial charge in [0.2, 0.25) is 0 Å². The van der Waals surface area contributed by atoms with Crippen molar-refractivity contribution >= 4 is 55.3 Å². The molecular formula is C43H32N7-. The molecule has 2 aliphatic rings. The lowest BCUT2D eigenvalue weighted by molar-refractivity contribution is 0.502. The first-order chi connectivity index (χ1) is 24.8. The molecule has 0 aliphatic carbocycles. The van der Waals surface area contributed by atoms with E-state index in [-0.39, 0.29) is 12.5 Å². The quantitative estimate of drug-likeness (QED) is 0.196. The zero-order valence-electron chi connectivity index (χ0n) is 27.1.